The third kappa shape index (κ3) is 3.49. The number of aryl methyl sites for hydroxylation is 1. The van der Waals surface area contributed by atoms with Crippen molar-refractivity contribution < 1.29 is 4.42 Å². The fraction of sp³-hybridized carbons (Fsp3) is 0.579. The van der Waals surface area contributed by atoms with Crippen LogP contribution in [-0.4, -0.2) is 6.54 Å². The summed E-state index contributed by atoms with van der Waals surface area (Å²) in [7, 11) is 0. The summed E-state index contributed by atoms with van der Waals surface area (Å²) in [4.78, 5) is 0. The molecular formula is C19H27NO. The van der Waals surface area contributed by atoms with Gasteiger partial charge in [0, 0.05) is 23.9 Å². The third-order valence-electron chi connectivity index (χ3n) is 4.73. The van der Waals surface area contributed by atoms with E-state index >= 15 is 0 Å². The zero-order valence-electron chi connectivity index (χ0n) is 13.3. The van der Waals surface area contributed by atoms with Gasteiger partial charge < -0.3 is 9.73 Å². The molecule has 0 radical (unpaired) electrons. The van der Waals surface area contributed by atoms with Crippen molar-refractivity contribution in [2.45, 2.75) is 52.5 Å². The largest absolute Gasteiger partial charge is 0.461 e. The fourth-order valence-electron chi connectivity index (χ4n) is 3.14. The molecule has 3 rings (SSSR count). The zero-order chi connectivity index (χ0) is 14.7. The Morgan fingerprint density at radius 2 is 2.10 bits per heavy atom. The molecule has 0 aliphatic heterocycles. The van der Waals surface area contributed by atoms with Crippen LogP contribution in [0, 0.1) is 11.8 Å². The minimum atomic E-state index is 0.808. The second-order valence-electron chi connectivity index (χ2n) is 6.55. The molecule has 1 aromatic heterocycles. The predicted octanol–water partition coefficient (Wildman–Crippen LogP) is 4.91. The van der Waals surface area contributed by atoms with Crippen molar-refractivity contribution in [2.24, 2.45) is 11.8 Å². The topological polar surface area (TPSA) is 25.2 Å². The van der Waals surface area contributed by atoms with Crippen LogP contribution in [0.1, 0.15) is 50.9 Å². The van der Waals surface area contributed by atoms with Crippen molar-refractivity contribution >= 4 is 11.0 Å². The van der Waals surface area contributed by atoms with Crippen LogP contribution >= 0.6 is 0 Å². The van der Waals surface area contributed by atoms with E-state index in [0.717, 1.165) is 36.9 Å². The Morgan fingerprint density at radius 1 is 1.29 bits per heavy atom. The lowest BCUT2D eigenvalue weighted by atomic mass is 10.1. The average molecular weight is 285 g/mol. The normalized spacial score (nSPS) is 16.5. The summed E-state index contributed by atoms with van der Waals surface area (Å²) < 4.78 is 6.08. The van der Waals surface area contributed by atoms with Gasteiger partial charge >= 0.3 is 0 Å². The van der Waals surface area contributed by atoms with Crippen LogP contribution < -0.4 is 5.32 Å². The molecule has 1 unspecified atom stereocenters. The quantitative estimate of drug-likeness (QED) is 0.745. The van der Waals surface area contributed by atoms with Gasteiger partial charge in [-0.05, 0) is 43.7 Å². The smallest absolute Gasteiger partial charge is 0.134 e. The number of fused-ring (bicyclic) bond motifs is 1. The van der Waals surface area contributed by atoms with E-state index in [0.29, 0.717) is 0 Å². The Bertz CT molecular complexity index is 582. The molecule has 1 aromatic carbocycles. The molecule has 114 valence electrons. The van der Waals surface area contributed by atoms with E-state index < -0.39 is 0 Å². The Kier molecular flexibility index (Phi) is 4.64. The Labute approximate surface area is 127 Å². The van der Waals surface area contributed by atoms with E-state index in [2.05, 4.69) is 43.4 Å². The lowest BCUT2D eigenvalue weighted by Crippen LogP contribution is -2.22. The highest BCUT2D eigenvalue weighted by Gasteiger charge is 2.27. The van der Waals surface area contributed by atoms with Crippen molar-refractivity contribution in [1.29, 1.82) is 0 Å². The van der Waals surface area contributed by atoms with Gasteiger partial charge in [0.05, 0.1) is 0 Å². The molecule has 2 nitrogen and oxygen atoms in total. The van der Waals surface area contributed by atoms with Gasteiger partial charge in [0.1, 0.15) is 11.3 Å². The molecule has 1 fully saturated rings. The van der Waals surface area contributed by atoms with Crippen molar-refractivity contribution in [2.75, 3.05) is 6.54 Å². The van der Waals surface area contributed by atoms with E-state index in [4.69, 9.17) is 4.42 Å². The molecule has 21 heavy (non-hydrogen) atoms. The highest BCUT2D eigenvalue weighted by molar-refractivity contribution is 5.82. The molecule has 0 saturated heterocycles. The van der Waals surface area contributed by atoms with E-state index in [1.165, 1.54) is 42.4 Å². The summed E-state index contributed by atoms with van der Waals surface area (Å²) in [5, 5.41) is 4.95. The number of hydrogen-bond donors (Lipinski definition) is 1. The van der Waals surface area contributed by atoms with Crippen molar-refractivity contribution in [3.63, 3.8) is 0 Å². The highest BCUT2D eigenvalue weighted by Crippen LogP contribution is 2.36. The van der Waals surface area contributed by atoms with Crippen molar-refractivity contribution in [3.8, 4) is 0 Å². The van der Waals surface area contributed by atoms with Crippen LogP contribution in [-0.2, 0) is 13.0 Å². The minimum Gasteiger partial charge on any atom is -0.461 e. The first-order chi connectivity index (χ1) is 10.3. The first kappa shape index (κ1) is 14.6. The van der Waals surface area contributed by atoms with Crippen LogP contribution in [0.2, 0.25) is 0 Å². The van der Waals surface area contributed by atoms with Crippen molar-refractivity contribution in [3.05, 3.63) is 35.6 Å². The van der Waals surface area contributed by atoms with E-state index in [1.807, 2.05) is 0 Å². The monoisotopic (exact) mass is 285 g/mol. The fourth-order valence-corrected chi connectivity index (χ4v) is 3.14. The number of nitrogens with one attached hydrogen (secondary N) is 1. The zero-order valence-corrected chi connectivity index (χ0v) is 13.3. The number of para-hydroxylation sites is 1. The molecule has 0 bridgehead atoms. The molecule has 1 heterocycles. The number of hydrogen-bond acceptors (Lipinski definition) is 2. The number of furan rings is 1. The Morgan fingerprint density at radius 3 is 2.86 bits per heavy atom. The van der Waals surface area contributed by atoms with Crippen LogP contribution in [0.15, 0.2) is 28.7 Å². The van der Waals surface area contributed by atoms with Gasteiger partial charge in [0.15, 0.2) is 0 Å². The summed E-state index contributed by atoms with van der Waals surface area (Å²) in [6.45, 7) is 6.67. The van der Waals surface area contributed by atoms with Gasteiger partial charge in [-0.25, -0.2) is 0 Å². The van der Waals surface area contributed by atoms with Gasteiger partial charge in [-0.2, -0.15) is 0 Å². The SMILES string of the molecule is CCCCc1oc2ccccc2c1CNCC(C)C1CC1. The summed E-state index contributed by atoms with van der Waals surface area (Å²) in [5.41, 5.74) is 2.41. The lowest BCUT2D eigenvalue weighted by molar-refractivity contribution is 0.457. The molecule has 1 atom stereocenters. The van der Waals surface area contributed by atoms with Crippen LogP contribution in [0.25, 0.3) is 11.0 Å². The average Bonchev–Trinajstić information content (AvgIpc) is 3.29. The van der Waals surface area contributed by atoms with Crippen molar-refractivity contribution in [1.82, 2.24) is 5.32 Å². The van der Waals surface area contributed by atoms with E-state index in [1.54, 1.807) is 0 Å². The second kappa shape index (κ2) is 6.65. The molecular weight excluding hydrogens is 258 g/mol. The van der Waals surface area contributed by atoms with E-state index in [9.17, 15) is 0 Å². The molecule has 0 spiro atoms. The number of unbranched alkanes of at least 4 members (excludes halogenated alkanes) is 1. The summed E-state index contributed by atoms with van der Waals surface area (Å²) in [6.07, 6.45) is 6.33. The molecule has 0 amide bonds. The number of benzene rings is 1. The first-order valence-electron chi connectivity index (χ1n) is 8.49. The molecule has 1 N–H and O–H groups in total. The standard InChI is InChI=1S/C19H27NO/c1-3-4-8-19-17(13-20-12-14(2)15-10-11-15)16-7-5-6-9-18(16)21-19/h5-7,9,14-15,20H,3-4,8,10-13H2,1-2H3. The Balaban J connectivity index is 1.71. The minimum absolute atomic E-state index is 0.808. The predicted molar refractivity (Wildman–Crippen MR) is 88.4 cm³/mol. The number of rotatable bonds is 8. The maximum absolute atomic E-state index is 6.08. The molecule has 1 aliphatic rings. The van der Waals surface area contributed by atoms with Gasteiger partial charge in [-0.1, -0.05) is 38.5 Å². The van der Waals surface area contributed by atoms with Crippen LogP contribution in [0.3, 0.4) is 0 Å². The maximum Gasteiger partial charge on any atom is 0.134 e. The summed E-state index contributed by atoms with van der Waals surface area (Å²) in [5.74, 6) is 2.96. The Hall–Kier alpha value is -1.28. The first-order valence-corrected chi connectivity index (χ1v) is 8.49. The van der Waals surface area contributed by atoms with Gasteiger partial charge in [-0.3, -0.25) is 0 Å². The van der Waals surface area contributed by atoms with Gasteiger partial charge in [-0.15, -0.1) is 0 Å². The second-order valence-corrected chi connectivity index (χ2v) is 6.55. The van der Waals surface area contributed by atoms with Gasteiger partial charge in [0.25, 0.3) is 0 Å². The van der Waals surface area contributed by atoms with Crippen LogP contribution in [0.5, 0.6) is 0 Å². The summed E-state index contributed by atoms with van der Waals surface area (Å²) >= 11 is 0. The maximum atomic E-state index is 6.08. The summed E-state index contributed by atoms with van der Waals surface area (Å²) in [6, 6.07) is 8.44. The van der Waals surface area contributed by atoms with Gasteiger partial charge in [0.2, 0.25) is 0 Å². The molecule has 1 aliphatic carbocycles. The molecule has 2 heteroatoms. The van der Waals surface area contributed by atoms with Crippen LogP contribution in [0.4, 0.5) is 0 Å². The lowest BCUT2D eigenvalue weighted by Gasteiger charge is -2.11. The molecule has 1 saturated carbocycles. The molecule has 2 aromatic rings. The highest BCUT2D eigenvalue weighted by atomic mass is 16.3. The third-order valence-corrected chi connectivity index (χ3v) is 4.73. The van der Waals surface area contributed by atoms with E-state index in [-0.39, 0.29) is 0 Å².